The molecule has 2 aromatic heterocycles. The van der Waals surface area contributed by atoms with E-state index in [0.29, 0.717) is 45.1 Å². The number of urea groups is 1. The number of piperazine rings is 1. The number of nitrogens with zero attached hydrogens (tertiary/aromatic N) is 4. The van der Waals surface area contributed by atoms with E-state index in [9.17, 15) is 4.79 Å². The fourth-order valence-corrected chi connectivity index (χ4v) is 3.67. The average molecular weight is 423 g/mol. The van der Waals surface area contributed by atoms with Crippen LogP contribution in [-0.2, 0) is 13.0 Å². The molecule has 0 spiro atoms. The molecule has 0 unspecified atom stereocenters. The number of aromatic nitrogens is 2. The molecule has 1 saturated heterocycles. The second-order valence-corrected chi connectivity index (χ2v) is 7.32. The topological polar surface area (TPSA) is 82.6 Å². The fraction of sp³-hybridized carbons (Fsp3) is 0.435. The Hall–Kier alpha value is -3.47. The van der Waals surface area contributed by atoms with Gasteiger partial charge < -0.3 is 25.2 Å². The first-order valence-corrected chi connectivity index (χ1v) is 10.5. The molecule has 0 saturated carbocycles. The zero-order chi connectivity index (χ0) is 22.2. The Morgan fingerprint density at radius 2 is 2.06 bits per heavy atom. The summed E-state index contributed by atoms with van der Waals surface area (Å²) in [6, 6.07) is 5.81. The van der Waals surface area contributed by atoms with Gasteiger partial charge in [0.1, 0.15) is 0 Å². The fourth-order valence-electron chi connectivity index (χ4n) is 3.67. The van der Waals surface area contributed by atoms with E-state index < -0.39 is 0 Å². The molecule has 2 aromatic rings. The number of rotatable bonds is 7. The third kappa shape index (κ3) is 5.37. The summed E-state index contributed by atoms with van der Waals surface area (Å²) in [7, 11) is 1.60. The first kappa shape index (κ1) is 22.2. The lowest BCUT2D eigenvalue weighted by atomic mass is 10.1. The van der Waals surface area contributed by atoms with Crippen molar-refractivity contribution in [2.45, 2.75) is 26.8 Å². The minimum absolute atomic E-state index is 0.0907. The number of ether oxygens (including phenoxy) is 1. The minimum Gasteiger partial charge on any atom is -0.481 e. The van der Waals surface area contributed by atoms with Gasteiger partial charge in [-0.05, 0) is 37.1 Å². The molecule has 164 valence electrons. The third-order valence-corrected chi connectivity index (χ3v) is 5.40. The van der Waals surface area contributed by atoms with E-state index in [1.165, 1.54) is 0 Å². The van der Waals surface area contributed by atoms with Crippen molar-refractivity contribution in [1.29, 1.82) is 0 Å². The summed E-state index contributed by atoms with van der Waals surface area (Å²) < 4.78 is 5.40. The molecule has 0 radical (unpaired) electrons. The van der Waals surface area contributed by atoms with Crippen molar-refractivity contribution < 1.29 is 9.53 Å². The van der Waals surface area contributed by atoms with Crippen molar-refractivity contribution >= 4 is 17.5 Å². The number of nitrogens with one attached hydrogen (secondary N) is 2. The summed E-state index contributed by atoms with van der Waals surface area (Å²) in [5.41, 5.74) is 3.90. The molecular formula is C23H30N6O2. The molecule has 31 heavy (non-hydrogen) atoms. The molecule has 1 aliphatic heterocycles. The summed E-state index contributed by atoms with van der Waals surface area (Å²) in [4.78, 5) is 25.7. The number of methoxy groups -OCH3 is 1. The van der Waals surface area contributed by atoms with Gasteiger partial charge in [0, 0.05) is 50.2 Å². The molecular weight excluding hydrogens is 392 g/mol. The van der Waals surface area contributed by atoms with Crippen molar-refractivity contribution in [3.05, 3.63) is 41.2 Å². The predicted octanol–water partition coefficient (Wildman–Crippen LogP) is 2.43. The van der Waals surface area contributed by atoms with Crippen LogP contribution in [-0.4, -0.2) is 60.7 Å². The highest BCUT2D eigenvalue weighted by molar-refractivity contribution is 5.75. The van der Waals surface area contributed by atoms with Crippen LogP contribution >= 0.6 is 0 Å². The van der Waals surface area contributed by atoms with E-state index in [-0.39, 0.29) is 6.03 Å². The third-order valence-electron chi connectivity index (χ3n) is 5.40. The van der Waals surface area contributed by atoms with Gasteiger partial charge in [-0.3, -0.25) is 0 Å². The summed E-state index contributed by atoms with van der Waals surface area (Å²) in [5, 5.41) is 6.21. The molecule has 0 bridgehead atoms. The number of hydrogen-bond acceptors (Lipinski definition) is 6. The zero-order valence-electron chi connectivity index (χ0n) is 18.4. The smallest absolute Gasteiger partial charge is 0.317 e. The van der Waals surface area contributed by atoms with Gasteiger partial charge in [-0.25, -0.2) is 14.8 Å². The molecule has 2 amide bonds. The highest BCUT2D eigenvalue weighted by atomic mass is 16.5. The molecule has 1 fully saturated rings. The summed E-state index contributed by atoms with van der Waals surface area (Å²) >= 11 is 0. The Morgan fingerprint density at radius 1 is 1.29 bits per heavy atom. The highest BCUT2D eigenvalue weighted by Crippen LogP contribution is 2.24. The van der Waals surface area contributed by atoms with Gasteiger partial charge in [-0.2, -0.15) is 0 Å². The summed E-state index contributed by atoms with van der Waals surface area (Å²) in [6.07, 6.45) is 8.01. The van der Waals surface area contributed by atoms with Crippen LogP contribution in [0.3, 0.4) is 0 Å². The molecule has 3 heterocycles. The van der Waals surface area contributed by atoms with E-state index in [1.807, 2.05) is 24.0 Å². The normalized spacial score (nSPS) is 13.5. The zero-order valence-corrected chi connectivity index (χ0v) is 18.4. The number of terminal acetylenes is 1. The van der Waals surface area contributed by atoms with Crippen molar-refractivity contribution in [3.8, 4) is 18.2 Å². The van der Waals surface area contributed by atoms with Crippen LogP contribution < -0.4 is 20.3 Å². The van der Waals surface area contributed by atoms with Crippen LogP contribution in [0.25, 0.3) is 0 Å². The molecule has 8 heteroatoms. The molecule has 3 rings (SSSR count). The van der Waals surface area contributed by atoms with Gasteiger partial charge in [0.05, 0.1) is 19.3 Å². The lowest BCUT2D eigenvalue weighted by Gasteiger charge is -2.36. The van der Waals surface area contributed by atoms with Gasteiger partial charge >= 0.3 is 6.03 Å². The Morgan fingerprint density at radius 3 is 2.74 bits per heavy atom. The molecule has 1 aliphatic rings. The Balaban J connectivity index is 1.58. The largest absolute Gasteiger partial charge is 0.481 e. The van der Waals surface area contributed by atoms with Crippen molar-refractivity contribution in [1.82, 2.24) is 20.2 Å². The molecule has 2 N–H and O–H groups in total. The number of amides is 2. The monoisotopic (exact) mass is 422 g/mol. The molecule has 0 aromatic carbocycles. The molecule has 0 atom stereocenters. The second kappa shape index (κ2) is 10.5. The van der Waals surface area contributed by atoms with E-state index in [4.69, 9.17) is 11.2 Å². The van der Waals surface area contributed by atoms with Crippen LogP contribution in [0.1, 0.15) is 23.7 Å². The number of pyridine rings is 2. The van der Waals surface area contributed by atoms with Gasteiger partial charge in [0.25, 0.3) is 0 Å². The van der Waals surface area contributed by atoms with E-state index in [0.717, 1.165) is 34.7 Å². The van der Waals surface area contributed by atoms with Crippen LogP contribution in [0.2, 0.25) is 0 Å². The first-order valence-electron chi connectivity index (χ1n) is 10.5. The molecule has 0 aliphatic carbocycles. The molecule has 8 nitrogen and oxygen atoms in total. The summed E-state index contributed by atoms with van der Waals surface area (Å²) in [5.74, 6) is 4.00. The van der Waals surface area contributed by atoms with Crippen LogP contribution in [0.15, 0.2) is 24.4 Å². The lowest BCUT2D eigenvalue weighted by Crippen LogP contribution is -2.52. The SMILES string of the molecule is C#CCNc1cccnc1N1CCN(C(=O)NCc2cc(CC)c(C)nc2OC)CC1. The summed E-state index contributed by atoms with van der Waals surface area (Å²) in [6.45, 7) is 7.50. The minimum atomic E-state index is -0.0907. The van der Waals surface area contributed by atoms with Gasteiger partial charge in [0.15, 0.2) is 5.82 Å². The number of aryl methyl sites for hydroxylation is 2. The standard InChI is InChI=1S/C23H30N6O2/c1-5-9-24-20-8-7-10-25-21(20)28-11-13-29(14-12-28)23(30)26-16-19-15-18(6-2)17(3)27-22(19)31-4/h1,7-8,10,15,24H,6,9,11-14,16H2,2-4H3,(H,26,30). The number of anilines is 2. The Labute approximate surface area is 184 Å². The van der Waals surface area contributed by atoms with Gasteiger partial charge in [-0.15, -0.1) is 6.42 Å². The highest BCUT2D eigenvalue weighted by Gasteiger charge is 2.23. The maximum Gasteiger partial charge on any atom is 0.317 e. The van der Waals surface area contributed by atoms with Gasteiger partial charge in [-0.1, -0.05) is 12.8 Å². The van der Waals surface area contributed by atoms with Crippen LogP contribution in [0.5, 0.6) is 5.88 Å². The lowest BCUT2D eigenvalue weighted by molar-refractivity contribution is 0.193. The van der Waals surface area contributed by atoms with Crippen molar-refractivity contribution in [2.24, 2.45) is 0 Å². The van der Waals surface area contributed by atoms with Crippen molar-refractivity contribution in [3.63, 3.8) is 0 Å². The number of hydrogen-bond donors (Lipinski definition) is 2. The van der Waals surface area contributed by atoms with Crippen LogP contribution in [0.4, 0.5) is 16.3 Å². The van der Waals surface area contributed by atoms with Crippen LogP contribution in [0, 0.1) is 19.3 Å². The number of carbonyl (C=O) groups excluding carboxylic acids is 1. The first-order chi connectivity index (χ1) is 15.1. The van der Waals surface area contributed by atoms with Gasteiger partial charge in [0.2, 0.25) is 5.88 Å². The maximum absolute atomic E-state index is 12.7. The Bertz CT molecular complexity index is 948. The predicted molar refractivity (Wildman–Crippen MR) is 122 cm³/mol. The quantitative estimate of drug-likeness (QED) is 0.667. The van der Waals surface area contributed by atoms with E-state index in [2.05, 4.69) is 44.4 Å². The maximum atomic E-state index is 12.7. The Kier molecular flexibility index (Phi) is 7.55. The van der Waals surface area contributed by atoms with Crippen molar-refractivity contribution in [2.75, 3.05) is 50.1 Å². The van der Waals surface area contributed by atoms with E-state index >= 15 is 0 Å². The van der Waals surface area contributed by atoms with E-state index in [1.54, 1.807) is 13.3 Å². The average Bonchev–Trinajstić information content (AvgIpc) is 2.81. The second-order valence-electron chi connectivity index (χ2n) is 7.32. The number of carbonyl (C=O) groups is 1.